The molecule has 0 spiro atoms. The molecule has 0 atom stereocenters. The molecule has 2 aromatic rings. The number of anilines is 2. The molecule has 0 unspecified atom stereocenters. The van der Waals surface area contributed by atoms with Gasteiger partial charge in [0.25, 0.3) is 0 Å². The Morgan fingerprint density at radius 2 is 2.10 bits per heavy atom. The maximum atomic E-state index is 11.2. The van der Waals surface area contributed by atoms with E-state index < -0.39 is 0 Å². The number of thiophene rings is 1. The Kier molecular flexibility index (Phi) is 3.56. The molecule has 0 aliphatic carbocycles. The van der Waals surface area contributed by atoms with Crippen LogP contribution in [0.15, 0.2) is 48.4 Å². The lowest BCUT2D eigenvalue weighted by Crippen LogP contribution is -2.29. The number of fused-ring (bicyclic) bond motifs is 1. The van der Waals surface area contributed by atoms with Crippen molar-refractivity contribution in [1.82, 2.24) is 0 Å². The van der Waals surface area contributed by atoms with E-state index in [1.807, 2.05) is 23.5 Å². The van der Waals surface area contributed by atoms with E-state index in [0.29, 0.717) is 0 Å². The summed E-state index contributed by atoms with van der Waals surface area (Å²) in [6, 6.07) is 10.2. The molecule has 1 amide bonds. The standard InChI is InChI=1S/C16H16N2OS/c1-2-16(19)17-13-3-5-14(6-4-13)18-9-7-15-12(11-18)8-10-20-15/h2-6,8,10H,1,7,9,11H2,(H,17,19). The maximum absolute atomic E-state index is 11.2. The van der Waals surface area contributed by atoms with Gasteiger partial charge in [-0.1, -0.05) is 6.58 Å². The second kappa shape index (κ2) is 5.51. The highest BCUT2D eigenvalue weighted by atomic mass is 32.1. The Hall–Kier alpha value is -2.07. The van der Waals surface area contributed by atoms with Gasteiger partial charge in [-0.2, -0.15) is 0 Å². The molecule has 1 aromatic heterocycles. The van der Waals surface area contributed by atoms with Gasteiger partial charge in [-0.25, -0.2) is 0 Å². The van der Waals surface area contributed by atoms with Crippen molar-refractivity contribution in [2.75, 3.05) is 16.8 Å². The molecule has 1 N–H and O–H groups in total. The largest absolute Gasteiger partial charge is 0.367 e. The van der Waals surface area contributed by atoms with E-state index in [1.165, 1.54) is 22.2 Å². The number of amides is 1. The first-order valence-corrected chi connectivity index (χ1v) is 7.48. The maximum Gasteiger partial charge on any atom is 0.247 e. The Morgan fingerprint density at radius 3 is 2.85 bits per heavy atom. The Bertz CT molecular complexity index is 630. The fourth-order valence-corrected chi connectivity index (χ4v) is 3.31. The summed E-state index contributed by atoms with van der Waals surface area (Å²) in [5.74, 6) is -0.182. The van der Waals surface area contributed by atoms with Gasteiger partial charge >= 0.3 is 0 Å². The molecular weight excluding hydrogens is 268 g/mol. The van der Waals surface area contributed by atoms with Crippen molar-refractivity contribution in [2.45, 2.75) is 13.0 Å². The molecule has 4 heteroatoms. The van der Waals surface area contributed by atoms with Crippen LogP contribution < -0.4 is 10.2 Å². The summed E-state index contributed by atoms with van der Waals surface area (Å²) in [4.78, 5) is 15.1. The van der Waals surface area contributed by atoms with Crippen molar-refractivity contribution < 1.29 is 4.79 Å². The summed E-state index contributed by atoms with van der Waals surface area (Å²) in [6.45, 7) is 5.46. The van der Waals surface area contributed by atoms with Gasteiger partial charge in [0, 0.05) is 29.3 Å². The van der Waals surface area contributed by atoms with Gasteiger partial charge in [0.05, 0.1) is 0 Å². The number of carbonyl (C=O) groups excluding carboxylic acids is 1. The molecule has 102 valence electrons. The highest BCUT2D eigenvalue weighted by Gasteiger charge is 2.17. The van der Waals surface area contributed by atoms with E-state index in [1.54, 1.807) is 0 Å². The average Bonchev–Trinajstić information content (AvgIpc) is 2.95. The molecule has 0 bridgehead atoms. The fraction of sp³-hybridized carbons (Fsp3) is 0.188. The van der Waals surface area contributed by atoms with Gasteiger partial charge < -0.3 is 10.2 Å². The van der Waals surface area contributed by atoms with Crippen LogP contribution in [-0.2, 0) is 17.8 Å². The molecule has 0 fully saturated rings. The molecule has 0 saturated carbocycles. The molecule has 0 radical (unpaired) electrons. The Morgan fingerprint density at radius 1 is 1.30 bits per heavy atom. The molecule has 1 aliphatic rings. The molecule has 1 aliphatic heterocycles. The summed E-state index contributed by atoms with van der Waals surface area (Å²) in [6.07, 6.45) is 2.39. The lowest BCUT2D eigenvalue weighted by molar-refractivity contribution is -0.111. The van der Waals surface area contributed by atoms with Gasteiger partial charge in [0.1, 0.15) is 0 Å². The van der Waals surface area contributed by atoms with Crippen LogP contribution in [0.3, 0.4) is 0 Å². The summed E-state index contributed by atoms with van der Waals surface area (Å²) >= 11 is 1.85. The van der Waals surface area contributed by atoms with Gasteiger partial charge in [-0.05, 0) is 53.8 Å². The summed E-state index contributed by atoms with van der Waals surface area (Å²) < 4.78 is 0. The number of nitrogens with zero attached hydrogens (tertiary/aromatic N) is 1. The summed E-state index contributed by atoms with van der Waals surface area (Å²) in [5, 5.41) is 4.93. The third-order valence-electron chi connectivity index (χ3n) is 3.49. The van der Waals surface area contributed by atoms with Crippen molar-refractivity contribution >= 4 is 28.6 Å². The minimum absolute atomic E-state index is 0.182. The topological polar surface area (TPSA) is 32.3 Å². The first-order valence-electron chi connectivity index (χ1n) is 6.60. The van der Waals surface area contributed by atoms with Crippen molar-refractivity contribution in [2.24, 2.45) is 0 Å². The van der Waals surface area contributed by atoms with Gasteiger partial charge in [0.15, 0.2) is 0 Å². The Balaban J connectivity index is 1.72. The number of nitrogens with one attached hydrogen (secondary N) is 1. The molecule has 2 heterocycles. The number of rotatable bonds is 3. The van der Waals surface area contributed by atoms with Gasteiger partial charge in [-0.3, -0.25) is 4.79 Å². The SMILES string of the molecule is C=CC(=O)Nc1ccc(N2CCc3sccc3C2)cc1. The van der Waals surface area contributed by atoms with Crippen LogP contribution >= 0.6 is 11.3 Å². The predicted octanol–water partition coefficient (Wildman–Crippen LogP) is 3.44. The smallest absolute Gasteiger partial charge is 0.247 e. The summed E-state index contributed by atoms with van der Waals surface area (Å²) in [5.41, 5.74) is 3.43. The van der Waals surface area contributed by atoms with Crippen molar-refractivity contribution in [3.8, 4) is 0 Å². The van der Waals surface area contributed by atoms with Crippen LogP contribution in [0.1, 0.15) is 10.4 Å². The van der Waals surface area contributed by atoms with Crippen LogP contribution in [-0.4, -0.2) is 12.5 Å². The zero-order chi connectivity index (χ0) is 13.9. The number of hydrogen-bond donors (Lipinski definition) is 1. The van der Waals surface area contributed by atoms with Crippen molar-refractivity contribution in [3.63, 3.8) is 0 Å². The van der Waals surface area contributed by atoms with E-state index in [9.17, 15) is 4.79 Å². The molecule has 3 rings (SSSR count). The second-order valence-corrected chi connectivity index (χ2v) is 5.78. The molecule has 1 aromatic carbocycles. The van der Waals surface area contributed by atoms with Crippen LogP contribution in [0, 0.1) is 0 Å². The number of hydrogen-bond acceptors (Lipinski definition) is 3. The van der Waals surface area contributed by atoms with E-state index in [0.717, 1.165) is 25.2 Å². The predicted molar refractivity (Wildman–Crippen MR) is 84.3 cm³/mol. The van der Waals surface area contributed by atoms with Crippen LogP contribution in [0.5, 0.6) is 0 Å². The molecular formula is C16H16N2OS. The lowest BCUT2D eigenvalue weighted by Gasteiger charge is -2.29. The van der Waals surface area contributed by atoms with Crippen LogP contribution in [0.4, 0.5) is 11.4 Å². The second-order valence-electron chi connectivity index (χ2n) is 4.78. The van der Waals surface area contributed by atoms with Crippen molar-refractivity contribution in [3.05, 3.63) is 58.8 Å². The van der Waals surface area contributed by atoms with Crippen LogP contribution in [0.25, 0.3) is 0 Å². The first kappa shape index (κ1) is 12.9. The van der Waals surface area contributed by atoms with Crippen molar-refractivity contribution in [1.29, 1.82) is 0 Å². The van der Waals surface area contributed by atoms with Gasteiger partial charge in [0.2, 0.25) is 5.91 Å². The minimum atomic E-state index is -0.182. The first-order chi connectivity index (χ1) is 9.76. The third-order valence-corrected chi connectivity index (χ3v) is 4.52. The van der Waals surface area contributed by atoms with E-state index >= 15 is 0 Å². The van der Waals surface area contributed by atoms with Gasteiger partial charge in [-0.15, -0.1) is 11.3 Å². The normalized spacial score (nSPS) is 13.7. The third kappa shape index (κ3) is 2.60. The van der Waals surface area contributed by atoms with Crippen LogP contribution in [0.2, 0.25) is 0 Å². The molecule has 20 heavy (non-hydrogen) atoms. The zero-order valence-corrected chi connectivity index (χ0v) is 12.0. The average molecular weight is 284 g/mol. The zero-order valence-electron chi connectivity index (χ0n) is 11.1. The molecule has 3 nitrogen and oxygen atoms in total. The Labute approximate surface area is 122 Å². The monoisotopic (exact) mass is 284 g/mol. The van der Waals surface area contributed by atoms with E-state index in [-0.39, 0.29) is 5.91 Å². The number of benzene rings is 1. The lowest BCUT2D eigenvalue weighted by atomic mass is 10.1. The fourth-order valence-electron chi connectivity index (χ4n) is 2.42. The number of carbonyl (C=O) groups is 1. The highest BCUT2D eigenvalue weighted by molar-refractivity contribution is 7.10. The van der Waals surface area contributed by atoms with E-state index in [4.69, 9.17) is 0 Å². The molecule has 0 saturated heterocycles. The minimum Gasteiger partial charge on any atom is -0.367 e. The quantitative estimate of drug-likeness (QED) is 0.876. The summed E-state index contributed by atoms with van der Waals surface area (Å²) in [7, 11) is 0. The van der Waals surface area contributed by atoms with E-state index in [2.05, 4.69) is 40.4 Å². The highest BCUT2D eigenvalue weighted by Crippen LogP contribution is 2.28.